The van der Waals surface area contributed by atoms with Crippen molar-refractivity contribution in [2.45, 2.75) is 20.1 Å². The zero-order valence-electron chi connectivity index (χ0n) is 9.02. The molecule has 0 atom stereocenters. The molecular formula is C12H13FN2O. The van der Waals surface area contributed by atoms with E-state index in [1.807, 2.05) is 11.5 Å². The second-order valence-corrected chi connectivity index (χ2v) is 3.70. The molecule has 0 radical (unpaired) electrons. The summed E-state index contributed by atoms with van der Waals surface area (Å²) in [7, 11) is 0. The van der Waals surface area contributed by atoms with Gasteiger partial charge in [0.2, 0.25) is 0 Å². The number of aliphatic hydroxyl groups excluding tert-OH is 1. The first-order chi connectivity index (χ1) is 7.70. The molecule has 0 aliphatic rings. The molecule has 1 aromatic heterocycles. The Morgan fingerprint density at radius 2 is 2.25 bits per heavy atom. The van der Waals surface area contributed by atoms with Crippen molar-refractivity contribution in [3.63, 3.8) is 0 Å². The van der Waals surface area contributed by atoms with E-state index in [4.69, 9.17) is 5.11 Å². The van der Waals surface area contributed by atoms with Gasteiger partial charge in [-0.05, 0) is 30.2 Å². The molecule has 0 fully saturated rings. The number of aromatic nitrogens is 2. The minimum absolute atomic E-state index is 0.110. The van der Waals surface area contributed by atoms with Gasteiger partial charge in [0.05, 0.1) is 0 Å². The molecule has 0 bridgehead atoms. The van der Waals surface area contributed by atoms with Crippen LogP contribution in [0.4, 0.5) is 4.39 Å². The summed E-state index contributed by atoms with van der Waals surface area (Å²) in [5.74, 6) is 0.343. The van der Waals surface area contributed by atoms with Crippen LogP contribution in [0.5, 0.6) is 0 Å². The van der Waals surface area contributed by atoms with Crippen LogP contribution in [0.2, 0.25) is 0 Å². The first-order valence-corrected chi connectivity index (χ1v) is 5.06. The fourth-order valence-corrected chi connectivity index (χ4v) is 1.63. The summed E-state index contributed by atoms with van der Waals surface area (Å²) < 4.78 is 14.9. The maximum absolute atomic E-state index is 13.1. The number of halogens is 1. The quantitative estimate of drug-likeness (QED) is 0.857. The predicted molar refractivity (Wildman–Crippen MR) is 58.4 cm³/mol. The van der Waals surface area contributed by atoms with Crippen LogP contribution in [0.15, 0.2) is 30.6 Å². The number of rotatable bonds is 3. The molecule has 1 aromatic carbocycles. The molecule has 1 N–H and O–H groups in total. The van der Waals surface area contributed by atoms with Crippen LogP contribution < -0.4 is 0 Å². The number of nitrogens with zero attached hydrogens (tertiary/aromatic N) is 2. The van der Waals surface area contributed by atoms with Crippen molar-refractivity contribution < 1.29 is 9.50 Å². The molecule has 1 heterocycles. The molecule has 0 unspecified atom stereocenters. The van der Waals surface area contributed by atoms with Gasteiger partial charge < -0.3 is 9.67 Å². The van der Waals surface area contributed by atoms with Crippen molar-refractivity contribution in [1.82, 2.24) is 9.55 Å². The second-order valence-electron chi connectivity index (χ2n) is 3.70. The minimum Gasteiger partial charge on any atom is -0.388 e. The monoisotopic (exact) mass is 220 g/mol. The van der Waals surface area contributed by atoms with Crippen molar-refractivity contribution in [2.75, 3.05) is 0 Å². The molecule has 0 saturated heterocycles. The van der Waals surface area contributed by atoms with E-state index in [9.17, 15) is 4.39 Å². The summed E-state index contributed by atoms with van der Waals surface area (Å²) in [6.07, 6.45) is 3.40. The van der Waals surface area contributed by atoms with E-state index in [-0.39, 0.29) is 12.4 Å². The largest absolute Gasteiger partial charge is 0.388 e. The average Bonchev–Trinajstić information content (AvgIpc) is 2.71. The van der Waals surface area contributed by atoms with E-state index in [1.54, 1.807) is 18.5 Å². The van der Waals surface area contributed by atoms with Gasteiger partial charge >= 0.3 is 0 Å². The lowest BCUT2D eigenvalue weighted by molar-refractivity contribution is 0.266. The summed E-state index contributed by atoms with van der Waals surface area (Å²) in [5, 5.41) is 9.05. The highest BCUT2D eigenvalue weighted by atomic mass is 19.1. The van der Waals surface area contributed by atoms with Crippen LogP contribution >= 0.6 is 0 Å². The minimum atomic E-state index is -0.244. The van der Waals surface area contributed by atoms with E-state index in [0.717, 1.165) is 11.1 Å². The Bertz CT molecular complexity index is 494. The van der Waals surface area contributed by atoms with Crippen molar-refractivity contribution in [3.8, 4) is 0 Å². The Morgan fingerprint density at radius 1 is 1.44 bits per heavy atom. The summed E-state index contributed by atoms with van der Waals surface area (Å²) in [6, 6.07) is 4.70. The Kier molecular flexibility index (Phi) is 3.01. The van der Waals surface area contributed by atoms with Gasteiger partial charge in [0.1, 0.15) is 18.2 Å². The molecule has 84 valence electrons. The van der Waals surface area contributed by atoms with Crippen LogP contribution in [0.3, 0.4) is 0 Å². The van der Waals surface area contributed by atoms with Gasteiger partial charge in [0.25, 0.3) is 0 Å². The topological polar surface area (TPSA) is 38.0 Å². The third-order valence-corrected chi connectivity index (χ3v) is 2.59. The van der Waals surface area contributed by atoms with E-state index < -0.39 is 0 Å². The highest BCUT2D eigenvalue weighted by molar-refractivity contribution is 5.27. The first kappa shape index (κ1) is 10.8. The number of benzene rings is 1. The summed E-state index contributed by atoms with van der Waals surface area (Å²) in [6.45, 7) is 2.35. The predicted octanol–water partition coefficient (Wildman–Crippen LogP) is 1.87. The molecule has 2 rings (SSSR count). The van der Waals surface area contributed by atoms with E-state index in [1.165, 1.54) is 12.1 Å². The van der Waals surface area contributed by atoms with Gasteiger partial charge in [-0.25, -0.2) is 9.37 Å². The third kappa shape index (κ3) is 2.12. The Morgan fingerprint density at radius 3 is 3.00 bits per heavy atom. The third-order valence-electron chi connectivity index (χ3n) is 2.59. The van der Waals surface area contributed by atoms with E-state index in [0.29, 0.717) is 12.4 Å². The number of hydrogen-bond acceptors (Lipinski definition) is 2. The SMILES string of the molecule is Cc1ccc(F)cc1Cn1ccnc1CO. The number of imidazole rings is 1. The lowest BCUT2D eigenvalue weighted by Crippen LogP contribution is -2.05. The maximum atomic E-state index is 13.1. The second kappa shape index (κ2) is 4.45. The molecule has 0 spiro atoms. The van der Waals surface area contributed by atoms with Crippen molar-refractivity contribution >= 4 is 0 Å². The van der Waals surface area contributed by atoms with Crippen LogP contribution in [0.25, 0.3) is 0 Å². The lowest BCUT2D eigenvalue weighted by atomic mass is 10.1. The van der Waals surface area contributed by atoms with Gasteiger partial charge in [-0.1, -0.05) is 6.07 Å². The van der Waals surface area contributed by atoms with Gasteiger partial charge in [0.15, 0.2) is 0 Å². The molecule has 16 heavy (non-hydrogen) atoms. The van der Waals surface area contributed by atoms with E-state index in [2.05, 4.69) is 4.98 Å². The molecule has 0 aliphatic heterocycles. The fraction of sp³-hybridized carbons (Fsp3) is 0.250. The summed E-state index contributed by atoms with van der Waals surface area (Å²) in [5.41, 5.74) is 1.92. The first-order valence-electron chi connectivity index (χ1n) is 5.06. The molecule has 0 amide bonds. The summed E-state index contributed by atoms with van der Waals surface area (Å²) in [4.78, 5) is 4.00. The van der Waals surface area contributed by atoms with Gasteiger partial charge in [-0.2, -0.15) is 0 Å². The molecule has 0 saturated carbocycles. The Balaban J connectivity index is 2.30. The van der Waals surface area contributed by atoms with Crippen LogP contribution in [0, 0.1) is 12.7 Å². The molecule has 2 aromatic rings. The Hall–Kier alpha value is -1.68. The molecular weight excluding hydrogens is 207 g/mol. The summed E-state index contributed by atoms with van der Waals surface area (Å²) >= 11 is 0. The molecule has 4 heteroatoms. The number of aryl methyl sites for hydroxylation is 1. The average molecular weight is 220 g/mol. The van der Waals surface area contributed by atoms with Crippen LogP contribution in [-0.2, 0) is 13.2 Å². The number of hydrogen-bond donors (Lipinski definition) is 1. The van der Waals surface area contributed by atoms with E-state index >= 15 is 0 Å². The van der Waals surface area contributed by atoms with Crippen LogP contribution in [0.1, 0.15) is 17.0 Å². The number of aliphatic hydroxyl groups is 1. The highest BCUT2D eigenvalue weighted by Gasteiger charge is 2.05. The van der Waals surface area contributed by atoms with Crippen LogP contribution in [-0.4, -0.2) is 14.7 Å². The van der Waals surface area contributed by atoms with Gasteiger partial charge in [0, 0.05) is 18.9 Å². The normalized spacial score (nSPS) is 10.7. The van der Waals surface area contributed by atoms with Gasteiger partial charge in [-0.15, -0.1) is 0 Å². The maximum Gasteiger partial charge on any atom is 0.134 e. The van der Waals surface area contributed by atoms with Crippen molar-refractivity contribution in [3.05, 3.63) is 53.4 Å². The van der Waals surface area contributed by atoms with Crippen molar-refractivity contribution in [1.29, 1.82) is 0 Å². The highest BCUT2D eigenvalue weighted by Crippen LogP contribution is 2.13. The molecule has 0 aliphatic carbocycles. The fourth-order valence-electron chi connectivity index (χ4n) is 1.63. The zero-order chi connectivity index (χ0) is 11.5. The van der Waals surface area contributed by atoms with Crippen molar-refractivity contribution in [2.24, 2.45) is 0 Å². The zero-order valence-corrected chi connectivity index (χ0v) is 9.02. The van der Waals surface area contributed by atoms with Gasteiger partial charge in [-0.3, -0.25) is 0 Å². The lowest BCUT2D eigenvalue weighted by Gasteiger charge is -2.09. The standard InChI is InChI=1S/C12H13FN2O/c1-9-2-3-11(13)6-10(9)7-15-5-4-14-12(15)8-16/h2-6,16H,7-8H2,1H3. The Labute approximate surface area is 93.2 Å². The molecule has 3 nitrogen and oxygen atoms in total. The smallest absolute Gasteiger partial charge is 0.134 e.